The first-order valence-corrected chi connectivity index (χ1v) is 3.94. The van der Waals surface area contributed by atoms with Crippen LogP contribution in [0, 0.1) is 12.3 Å². The van der Waals surface area contributed by atoms with E-state index >= 15 is 0 Å². The van der Waals surface area contributed by atoms with Gasteiger partial charge in [0, 0.05) is 6.20 Å². The number of nitrogens with zero attached hydrogens (tertiary/aromatic N) is 1. The fraction of sp³-hybridized carbons (Fsp3) is 0.222. The molecule has 3 N–H and O–H groups in total. The van der Waals surface area contributed by atoms with Gasteiger partial charge in [-0.3, -0.25) is 10.8 Å². The number of pyridine rings is 1. The second-order valence-electron chi connectivity index (χ2n) is 2.74. The van der Waals surface area contributed by atoms with E-state index in [9.17, 15) is 13.2 Å². The number of hydrogen-bond acceptors (Lipinski definition) is 3. The van der Waals surface area contributed by atoms with Crippen molar-refractivity contribution in [1.82, 2.24) is 10.4 Å². The lowest BCUT2D eigenvalue weighted by atomic mass is 10.2. The highest BCUT2D eigenvalue weighted by Gasteiger charge is 2.30. The highest BCUT2D eigenvalue weighted by atomic mass is 19.4. The quantitative estimate of drug-likeness (QED) is 0.443. The summed E-state index contributed by atoms with van der Waals surface area (Å²) in [5.74, 6) is 7.33. The summed E-state index contributed by atoms with van der Waals surface area (Å²) in [5.41, 5.74) is 1.70. The molecule has 1 unspecified atom stereocenters. The molecule has 0 saturated carbocycles. The van der Waals surface area contributed by atoms with E-state index in [0.717, 1.165) is 12.3 Å². The number of aromatic nitrogens is 1. The van der Waals surface area contributed by atoms with Crippen molar-refractivity contribution in [2.45, 2.75) is 12.2 Å². The lowest BCUT2D eigenvalue weighted by Crippen LogP contribution is -2.27. The van der Waals surface area contributed by atoms with Crippen LogP contribution < -0.4 is 11.3 Å². The second-order valence-corrected chi connectivity index (χ2v) is 2.74. The Labute approximate surface area is 84.5 Å². The predicted octanol–water partition coefficient (Wildman–Crippen LogP) is 1.24. The Kier molecular flexibility index (Phi) is 3.29. The Bertz CT molecular complexity index is 364. The Morgan fingerprint density at radius 3 is 2.47 bits per heavy atom. The minimum atomic E-state index is -4.40. The van der Waals surface area contributed by atoms with Crippen LogP contribution in [0.5, 0.6) is 0 Å². The Hall–Kier alpha value is -1.58. The molecular weight excluding hydrogens is 207 g/mol. The van der Waals surface area contributed by atoms with Crippen LogP contribution in [-0.2, 0) is 6.18 Å². The molecule has 0 fully saturated rings. The first-order valence-electron chi connectivity index (χ1n) is 3.94. The third-order valence-corrected chi connectivity index (χ3v) is 1.74. The second kappa shape index (κ2) is 4.29. The first-order chi connectivity index (χ1) is 6.99. The van der Waals surface area contributed by atoms with Crippen molar-refractivity contribution in [1.29, 1.82) is 0 Å². The van der Waals surface area contributed by atoms with E-state index in [1.165, 1.54) is 6.07 Å². The lowest BCUT2D eigenvalue weighted by molar-refractivity contribution is -0.137. The minimum Gasteiger partial charge on any atom is -0.270 e. The number of hydrogen-bond donors (Lipinski definition) is 2. The molecule has 1 aromatic heterocycles. The van der Waals surface area contributed by atoms with Gasteiger partial charge < -0.3 is 0 Å². The summed E-state index contributed by atoms with van der Waals surface area (Å²) < 4.78 is 36.5. The molecule has 0 radical (unpaired) electrons. The Morgan fingerprint density at radius 1 is 1.47 bits per heavy atom. The van der Waals surface area contributed by atoms with Crippen molar-refractivity contribution in [3.8, 4) is 12.3 Å². The van der Waals surface area contributed by atoms with Crippen LogP contribution in [-0.4, -0.2) is 4.98 Å². The monoisotopic (exact) mass is 215 g/mol. The zero-order valence-corrected chi connectivity index (χ0v) is 7.55. The summed E-state index contributed by atoms with van der Waals surface area (Å²) in [7, 11) is 0. The van der Waals surface area contributed by atoms with Crippen molar-refractivity contribution in [3.05, 3.63) is 29.6 Å². The van der Waals surface area contributed by atoms with E-state index < -0.39 is 17.8 Å². The van der Waals surface area contributed by atoms with Gasteiger partial charge in [-0.2, -0.15) is 13.2 Å². The molecule has 6 heteroatoms. The smallest absolute Gasteiger partial charge is 0.270 e. The third-order valence-electron chi connectivity index (χ3n) is 1.74. The summed E-state index contributed by atoms with van der Waals surface area (Å²) in [6, 6.07) is 1.41. The Morgan fingerprint density at radius 2 is 2.13 bits per heavy atom. The van der Waals surface area contributed by atoms with Gasteiger partial charge in [-0.25, -0.2) is 5.43 Å². The minimum absolute atomic E-state index is 0.271. The van der Waals surface area contributed by atoms with Gasteiger partial charge in [0.05, 0.1) is 11.3 Å². The molecule has 0 saturated heterocycles. The van der Waals surface area contributed by atoms with Gasteiger partial charge in [0.1, 0.15) is 6.04 Å². The molecule has 3 nitrogen and oxygen atoms in total. The van der Waals surface area contributed by atoms with E-state index in [-0.39, 0.29) is 5.69 Å². The van der Waals surface area contributed by atoms with Crippen molar-refractivity contribution in [2.24, 2.45) is 5.84 Å². The fourth-order valence-electron chi connectivity index (χ4n) is 0.963. The van der Waals surface area contributed by atoms with Crippen LogP contribution in [0.3, 0.4) is 0 Å². The fourth-order valence-corrected chi connectivity index (χ4v) is 0.963. The van der Waals surface area contributed by atoms with Crippen LogP contribution >= 0.6 is 0 Å². The molecular formula is C9H8F3N3. The standard InChI is InChI=1S/C9H8F3N3/c1-2-7(15-13)8-4-3-6(5-14-8)9(10,11)12/h1,3-5,7,15H,13H2. The normalized spacial score (nSPS) is 13.3. The van der Waals surface area contributed by atoms with Gasteiger partial charge in [-0.05, 0) is 12.1 Å². The summed E-state index contributed by atoms with van der Waals surface area (Å²) in [4.78, 5) is 3.58. The number of terminal acetylenes is 1. The van der Waals surface area contributed by atoms with E-state index in [1.807, 2.05) is 0 Å². The van der Waals surface area contributed by atoms with E-state index in [2.05, 4.69) is 16.3 Å². The van der Waals surface area contributed by atoms with Gasteiger partial charge in [0.15, 0.2) is 0 Å². The number of nitrogens with two attached hydrogens (primary N) is 1. The molecule has 0 bridgehead atoms. The number of halogens is 3. The van der Waals surface area contributed by atoms with Gasteiger partial charge in [-0.15, -0.1) is 6.42 Å². The maximum absolute atomic E-state index is 12.2. The topological polar surface area (TPSA) is 50.9 Å². The molecule has 1 heterocycles. The zero-order chi connectivity index (χ0) is 11.5. The number of hydrazine groups is 1. The number of nitrogens with one attached hydrogen (secondary N) is 1. The average molecular weight is 215 g/mol. The molecule has 0 aliphatic heterocycles. The molecule has 15 heavy (non-hydrogen) atoms. The average Bonchev–Trinajstić information content (AvgIpc) is 2.19. The Balaban J connectivity index is 2.96. The molecule has 1 rings (SSSR count). The van der Waals surface area contributed by atoms with Crippen LogP contribution in [0.4, 0.5) is 13.2 Å². The van der Waals surface area contributed by atoms with Crippen LogP contribution in [0.1, 0.15) is 17.3 Å². The van der Waals surface area contributed by atoms with Gasteiger partial charge in [0.2, 0.25) is 0 Å². The summed E-state index contributed by atoms with van der Waals surface area (Å²) in [5, 5.41) is 0. The van der Waals surface area contributed by atoms with E-state index in [0.29, 0.717) is 0 Å². The van der Waals surface area contributed by atoms with E-state index in [1.54, 1.807) is 0 Å². The number of alkyl halides is 3. The van der Waals surface area contributed by atoms with Gasteiger partial charge in [0.25, 0.3) is 0 Å². The third kappa shape index (κ3) is 2.68. The predicted molar refractivity (Wildman–Crippen MR) is 48.1 cm³/mol. The number of rotatable bonds is 2. The zero-order valence-electron chi connectivity index (χ0n) is 7.55. The molecule has 1 aromatic rings. The van der Waals surface area contributed by atoms with Gasteiger partial charge >= 0.3 is 6.18 Å². The van der Waals surface area contributed by atoms with Crippen molar-refractivity contribution < 1.29 is 13.2 Å². The molecule has 0 aliphatic carbocycles. The highest BCUT2D eigenvalue weighted by Crippen LogP contribution is 2.28. The first kappa shape index (κ1) is 11.5. The molecule has 80 valence electrons. The maximum Gasteiger partial charge on any atom is 0.417 e. The highest BCUT2D eigenvalue weighted by molar-refractivity contribution is 5.23. The largest absolute Gasteiger partial charge is 0.417 e. The molecule has 0 aromatic carbocycles. The summed E-state index contributed by atoms with van der Waals surface area (Å²) in [6.45, 7) is 0. The molecule has 0 amide bonds. The van der Waals surface area contributed by atoms with Crippen LogP contribution in [0.15, 0.2) is 18.3 Å². The van der Waals surface area contributed by atoms with Crippen LogP contribution in [0.2, 0.25) is 0 Å². The summed E-state index contributed by atoms with van der Waals surface area (Å²) >= 11 is 0. The molecule has 0 spiro atoms. The summed E-state index contributed by atoms with van der Waals surface area (Å²) in [6.07, 6.45) is 1.41. The molecule has 0 aliphatic rings. The maximum atomic E-state index is 12.2. The SMILES string of the molecule is C#CC(NN)c1ccc(C(F)(F)F)cn1. The van der Waals surface area contributed by atoms with Crippen molar-refractivity contribution in [2.75, 3.05) is 0 Å². The van der Waals surface area contributed by atoms with Gasteiger partial charge in [-0.1, -0.05) is 5.92 Å². The van der Waals surface area contributed by atoms with Crippen molar-refractivity contribution >= 4 is 0 Å². The van der Waals surface area contributed by atoms with E-state index in [4.69, 9.17) is 12.3 Å². The van der Waals surface area contributed by atoms with Crippen molar-refractivity contribution in [3.63, 3.8) is 0 Å². The van der Waals surface area contributed by atoms with Crippen LogP contribution in [0.25, 0.3) is 0 Å². The lowest BCUT2D eigenvalue weighted by Gasteiger charge is -2.10. The molecule has 1 atom stereocenters.